The lowest BCUT2D eigenvalue weighted by molar-refractivity contribution is -0.125. The van der Waals surface area contributed by atoms with Crippen molar-refractivity contribution >= 4 is 12.0 Å². The molecule has 2 aromatic carbocycles. The quantitative estimate of drug-likeness (QED) is 0.759. The van der Waals surface area contributed by atoms with E-state index < -0.39 is 0 Å². The first-order valence-electron chi connectivity index (χ1n) is 7.39. The van der Waals surface area contributed by atoms with E-state index in [2.05, 4.69) is 0 Å². The molecule has 3 nitrogen and oxygen atoms in total. The average molecular weight is 295 g/mol. The molecule has 0 bridgehead atoms. The fourth-order valence-electron chi connectivity index (χ4n) is 2.07. The Balaban J connectivity index is 1.92. The van der Waals surface area contributed by atoms with E-state index in [4.69, 9.17) is 4.74 Å². The third kappa shape index (κ3) is 4.77. The summed E-state index contributed by atoms with van der Waals surface area (Å²) in [6.07, 6.45) is 3.43. The minimum Gasteiger partial charge on any atom is -0.494 e. The van der Waals surface area contributed by atoms with Crippen molar-refractivity contribution in [2.24, 2.45) is 0 Å². The van der Waals surface area contributed by atoms with E-state index >= 15 is 0 Å². The van der Waals surface area contributed by atoms with E-state index in [9.17, 15) is 4.79 Å². The molecule has 0 fully saturated rings. The van der Waals surface area contributed by atoms with Gasteiger partial charge in [0.25, 0.3) is 0 Å². The Morgan fingerprint density at radius 2 is 1.77 bits per heavy atom. The summed E-state index contributed by atoms with van der Waals surface area (Å²) >= 11 is 0. The highest BCUT2D eigenvalue weighted by Crippen LogP contribution is 2.13. The van der Waals surface area contributed by atoms with Crippen LogP contribution < -0.4 is 4.74 Å². The van der Waals surface area contributed by atoms with Crippen LogP contribution in [0.1, 0.15) is 18.1 Å². The second kappa shape index (κ2) is 8.03. The molecule has 0 N–H and O–H groups in total. The van der Waals surface area contributed by atoms with Gasteiger partial charge in [-0.2, -0.15) is 0 Å². The zero-order chi connectivity index (χ0) is 15.8. The predicted octanol–water partition coefficient (Wildman–Crippen LogP) is 3.76. The lowest BCUT2D eigenvalue weighted by Gasteiger charge is -2.15. The number of benzene rings is 2. The van der Waals surface area contributed by atoms with E-state index in [-0.39, 0.29) is 5.91 Å². The van der Waals surface area contributed by atoms with Gasteiger partial charge in [0.1, 0.15) is 5.75 Å². The number of carbonyl (C=O) groups is 1. The van der Waals surface area contributed by atoms with Gasteiger partial charge in [-0.3, -0.25) is 4.79 Å². The van der Waals surface area contributed by atoms with E-state index in [0.29, 0.717) is 13.2 Å². The van der Waals surface area contributed by atoms with Crippen LogP contribution in [0.5, 0.6) is 5.75 Å². The third-order valence-electron chi connectivity index (χ3n) is 3.25. The van der Waals surface area contributed by atoms with Crippen molar-refractivity contribution < 1.29 is 9.53 Å². The van der Waals surface area contributed by atoms with Crippen molar-refractivity contribution in [2.75, 3.05) is 13.7 Å². The van der Waals surface area contributed by atoms with Gasteiger partial charge in [-0.25, -0.2) is 0 Å². The molecule has 0 aliphatic rings. The molecule has 0 aliphatic carbocycles. The van der Waals surface area contributed by atoms with Crippen LogP contribution in [0.15, 0.2) is 60.7 Å². The number of hydrogen-bond acceptors (Lipinski definition) is 2. The van der Waals surface area contributed by atoms with Gasteiger partial charge in [-0.05, 0) is 36.3 Å². The summed E-state index contributed by atoms with van der Waals surface area (Å²) in [5.74, 6) is 0.835. The van der Waals surface area contributed by atoms with E-state index in [1.54, 1.807) is 18.0 Å². The molecule has 0 aliphatic heterocycles. The number of likely N-dealkylation sites (N-methyl/N-ethyl adjacent to an activating group) is 1. The van der Waals surface area contributed by atoms with Crippen molar-refractivity contribution in [1.29, 1.82) is 0 Å². The van der Waals surface area contributed by atoms with Crippen molar-refractivity contribution in [3.8, 4) is 5.75 Å². The first kappa shape index (κ1) is 15.8. The molecule has 0 atom stereocenters. The van der Waals surface area contributed by atoms with E-state index in [0.717, 1.165) is 16.9 Å². The summed E-state index contributed by atoms with van der Waals surface area (Å²) in [6, 6.07) is 17.6. The molecule has 3 heteroatoms. The minimum absolute atomic E-state index is 0.0160. The zero-order valence-electron chi connectivity index (χ0n) is 13.0. The second-order valence-electron chi connectivity index (χ2n) is 5.02. The Labute approximate surface area is 131 Å². The first-order chi connectivity index (χ1) is 10.7. The molecule has 1 amide bonds. The molecule has 2 aromatic rings. The first-order valence-corrected chi connectivity index (χ1v) is 7.39. The maximum atomic E-state index is 12.1. The highest BCUT2D eigenvalue weighted by atomic mass is 16.5. The van der Waals surface area contributed by atoms with Crippen LogP contribution >= 0.6 is 0 Å². The maximum Gasteiger partial charge on any atom is 0.246 e. The molecule has 0 heterocycles. The number of rotatable bonds is 6. The van der Waals surface area contributed by atoms with Crippen molar-refractivity contribution in [3.63, 3.8) is 0 Å². The average Bonchev–Trinajstić information content (AvgIpc) is 2.55. The fraction of sp³-hybridized carbons (Fsp3) is 0.211. The van der Waals surface area contributed by atoms with Crippen molar-refractivity contribution in [3.05, 3.63) is 71.8 Å². The van der Waals surface area contributed by atoms with Gasteiger partial charge in [0.05, 0.1) is 6.61 Å². The standard InChI is InChI=1S/C19H21NO2/c1-3-22-18-12-9-17(10-13-18)15-20(2)19(21)14-11-16-7-5-4-6-8-16/h4-14H,3,15H2,1-2H3. The number of carbonyl (C=O) groups excluding carboxylic acids is 1. The maximum absolute atomic E-state index is 12.1. The molecule has 22 heavy (non-hydrogen) atoms. The number of hydrogen-bond donors (Lipinski definition) is 0. The van der Waals surface area contributed by atoms with Crippen LogP contribution in [0.3, 0.4) is 0 Å². The van der Waals surface area contributed by atoms with Crippen molar-refractivity contribution in [2.45, 2.75) is 13.5 Å². The lowest BCUT2D eigenvalue weighted by Crippen LogP contribution is -2.24. The van der Waals surface area contributed by atoms with Crippen LogP contribution in [0.4, 0.5) is 0 Å². The highest BCUT2D eigenvalue weighted by molar-refractivity contribution is 5.91. The molecule has 0 saturated carbocycles. The minimum atomic E-state index is -0.0160. The Bertz CT molecular complexity index is 618. The van der Waals surface area contributed by atoms with Crippen LogP contribution in [-0.2, 0) is 11.3 Å². The van der Waals surface area contributed by atoms with Crippen molar-refractivity contribution in [1.82, 2.24) is 4.90 Å². The topological polar surface area (TPSA) is 29.5 Å². The van der Waals surface area contributed by atoms with E-state index in [1.807, 2.05) is 67.6 Å². The van der Waals surface area contributed by atoms with Gasteiger partial charge in [-0.15, -0.1) is 0 Å². The normalized spacial score (nSPS) is 10.6. The van der Waals surface area contributed by atoms with Crippen LogP contribution in [-0.4, -0.2) is 24.5 Å². The monoisotopic (exact) mass is 295 g/mol. The van der Waals surface area contributed by atoms with Crippen LogP contribution in [0.25, 0.3) is 6.08 Å². The summed E-state index contributed by atoms with van der Waals surface area (Å²) in [4.78, 5) is 13.8. The largest absolute Gasteiger partial charge is 0.494 e. The third-order valence-corrected chi connectivity index (χ3v) is 3.25. The zero-order valence-corrected chi connectivity index (χ0v) is 13.0. The van der Waals surface area contributed by atoms with Gasteiger partial charge >= 0.3 is 0 Å². The predicted molar refractivity (Wildman–Crippen MR) is 89.6 cm³/mol. The Morgan fingerprint density at radius 1 is 1.09 bits per heavy atom. The summed E-state index contributed by atoms with van der Waals surface area (Å²) in [5.41, 5.74) is 2.10. The Kier molecular flexibility index (Phi) is 5.78. The molecule has 0 aromatic heterocycles. The van der Waals surface area contributed by atoms with Gasteiger partial charge in [0.2, 0.25) is 5.91 Å². The van der Waals surface area contributed by atoms with Gasteiger partial charge in [0.15, 0.2) is 0 Å². The van der Waals surface area contributed by atoms with Gasteiger partial charge in [-0.1, -0.05) is 42.5 Å². The Hall–Kier alpha value is -2.55. The summed E-state index contributed by atoms with van der Waals surface area (Å²) < 4.78 is 5.41. The summed E-state index contributed by atoms with van der Waals surface area (Å²) in [6.45, 7) is 3.19. The molecule has 0 unspecified atom stereocenters. The van der Waals surface area contributed by atoms with Crippen LogP contribution in [0, 0.1) is 0 Å². The lowest BCUT2D eigenvalue weighted by atomic mass is 10.2. The number of nitrogens with zero attached hydrogens (tertiary/aromatic N) is 1. The number of amides is 1. The van der Waals surface area contributed by atoms with E-state index in [1.165, 1.54) is 0 Å². The van der Waals surface area contributed by atoms with Gasteiger partial charge < -0.3 is 9.64 Å². The molecular weight excluding hydrogens is 274 g/mol. The molecule has 2 rings (SSSR count). The fourth-order valence-corrected chi connectivity index (χ4v) is 2.07. The molecule has 0 spiro atoms. The van der Waals surface area contributed by atoms with Crippen LogP contribution in [0.2, 0.25) is 0 Å². The van der Waals surface area contributed by atoms with Gasteiger partial charge in [0, 0.05) is 19.7 Å². The summed E-state index contributed by atoms with van der Waals surface area (Å²) in [5, 5.41) is 0. The molecule has 0 saturated heterocycles. The smallest absolute Gasteiger partial charge is 0.246 e. The summed E-state index contributed by atoms with van der Waals surface area (Å²) in [7, 11) is 1.80. The Morgan fingerprint density at radius 3 is 2.41 bits per heavy atom. The molecule has 0 radical (unpaired) electrons. The number of ether oxygens (including phenoxy) is 1. The second-order valence-corrected chi connectivity index (χ2v) is 5.02. The highest BCUT2D eigenvalue weighted by Gasteiger charge is 2.06. The SMILES string of the molecule is CCOc1ccc(CN(C)C(=O)C=Cc2ccccc2)cc1. The molecule has 114 valence electrons. The molecular formula is C19H21NO2.